The predicted molar refractivity (Wildman–Crippen MR) is 85.3 cm³/mol. The van der Waals surface area contributed by atoms with Crippen LogP contribution in [0.25, 0.3) is 10.9 Å². The molecule has 5 nitrogen and oxygen atoms in total. The number of hydrogen-bond donors (Lipinski definition) is 1. The Kier molecular flexibility index (Phi) is 3.77. The zero-order valence-corrected chi connectivity index (χ0v) is 13.0. The quantitative estimate of drug-likeness (QED) is 0.754. The van der Waals surface area contributed by atoms with E-state index in [1.807, 2.05) is 19.9 Å². The first-order valence-electron chi connectivity index (χ1n) is 6.76. The Hall–Kier alpha value is -2.47. The van der Waals surface area contributed by atoms with Crippen molar-refractivity contribution in [3.63, 3.8) is 0 Å². The number of carbonyl (C=O) groups is 1. The first kappa shape index (κ1) is 14.5. The highest BCUT2D eigenvalue weighted by atomic mass is 32.1. The summed E-state index contributed by atoms with van der Waals surface area (Å²) < 4.78 is 5.25. The Morgan fingerprint density at radius 2 is 2.09 bits per heavy atom. The molecule has 0 bridgehead atoms. The third kappa shape index (κ3) is 2.78. The number of H-pyrrole nitrogens is 1. The van der Waals surface area contributed by atoms with Crippen molar-refractivity contribution in [2.24, 2.45) is 0 Å². The van der Waals surface area contributed by atoms with Gasteiger partial charge in [0.1, 0.15) is 12.4 Å². The average molecular weight is 314 g/mol. The van der Waals surface area contributed by atoms with Gasteiger partial charge in [-0.25, -0.2) is 9.78 Å². The molecule has 0 fully saturated rings. The minimum atomic E-state index is -0.405. The summed E-state index contributed by atoms with van der Waals surface area (Å²) in [5.41, 5.74) is 0.907. The molecule has 3 rings (SSSR count). The van der Waals surface area contributed by atoms with Crippen LogP contribution in [-0.2, 0) is 11.3 Å². The topological polar surface area (TPSA) is 72.0 Å². The van der Waals surface area contributed by atoms with E-state index in [0.29, 0.717) is 22.3 Å². The highest BCUT2D eigenvalue weighted by Gasteiger charge is 2.14. The number of fused-ring (bicyclic) bond motifs is 1. The molecular weight excluding hydrogens is 300 g/mol. The van der Waals surface area contributed by atoms with Crippen molar-refractivity contribution in [3.8, 4) is 0 Å². The summed E-state index contributed by atoms with van der Waals surface area (Å²) in [4.78, 5) is 32.9. The van der Waals surface area contributed by atoms with E-state index in [9.17, 15) is 9.59 Å². The number of aryl methyl sites for hydroxylation is 2. The van der Waals surface area contributed by atoms with Gasteiger partial charge in [-0.1, -0.05) is 12.1 Å². The molecule has 0 amide bonds. The number of aromatic amines is 1. The van der Waals surface area contributed by atoms with E-state index in [-0.39, 0.29) is 12.2 Å². The normalized spacial score (nSPS) is 10.8. The zero-order valence-electron chi connectivity index (χ0n) is 12.2. The Morgan fingerprint density at radius 3 is 2.82 bits per heavy atom. The van der Waals surface area contributed by atoms with Gasteiger partial charge in [-0.05, 0) is 32.0 Å². The van der Waals surface area contributed by atoms with E-state index in [0.717, 1.165) is 9.75 Å². The van der Waals surface area contributed by atoms with Crippen molar-refractivity contribution in [2.75, 3.05) is 0 Å². The van der Waals surface area contributed by atoms with Crippen LogP contribution in [-0.4, -0.2) is 15.9 Å². The summed E-state index contributed by atoms with van der Waals surface area (Å²) in [5, 5.41) is 0.516. The molecule has 0 aliphatic carbocycles. The number of nitrogens with one attached hydrogen (secondary N) is 1. The molecule has 0 atom stereocenters. The van der Waals surface area contributed by atoms with Gasteiger partial charge in [0.05, 0.1) is 16.5 Å². The Labute approximate surface area is 130 Å². The average Bonchev–Trinajstić information content (AvgIpc) is 2.84. The molecular formula is C16H14N2O3S. The van der Waals surface area contributed by atoms with Gasteiger partial charge in [0, 0.05) is 9.75 Å². The third-order valence-electron chi connectivity index (χ3n) is 3.26. The number of nitrogens with zero attached hydrogens (tertiary/aromatic N) is 1. The summed E-state index contributed by atoms with van der Waals surface area (Å²) in [6.07, 6.45) is 0. The molecule has 0 aliphatic rings. The van der Waals surface area contributed by atoms with Crippen molar-refractivity contribution in [1.82, 2.24) is 9.97 Å². The van der Waals surface area contributed by atoms with E-state index in [2.05, 4.69) is 9.97 Å². The second-order valence-electron chi connectivity index (χ2n) is 4.93. The van der Waals surface area contributed by atoms with Crippen LogP contribution in [0.3, 0.4) is 0 Å². The number of hydrogen-bond acceptors (Lipinski definition) is 5. The number of carbonyl (C=O) groups excluding carboxylic acids is 1. The van der Waals surface area contributed by atoms with Crippen molar-refractivity contribution >= 4 is 28.2 Å². The van der Waals surface area contributed by atoms with Gasteiger partial charge < -0.3 is 9.72 Å². The monoisotopic (exact) mass is 314 g/mol. The molecule has 0 aliphatic heterocycles. The Bertz CT molecular complexity index is 911. The fraction of sp³-hybridized carbons (Fsp3) is 0.188. The molecule has 2 aromatic heterocycles. The number of ether oxygens (including phenoxy) is 1. The zero-order chi connectivity index (χ0) is 15.7. The number of aromatic nitrogens is 2. The van der Waals surface area contributed by atoms with E-state index < -0.39 is 5.97 Å². The third-order valence-corrected chi connectivity index (χ3v) is 4.23. The van der Waals surface area contributed by atoms with Crippen molar-refractivity contribution < 1.29 is 9.53 Å². The molecule has 0 saturated carbocycles. The lowest BCUT2D eigenvalue weighted by molar-refractivity contribution is 0.0462. The van der Waals surface area contributed by atoms with Crippen molar-refractivity contribution in [1.29, 1.82) is 0 Å². The molecule has 2 heterocycles. The molecule has 0 spiro atoms. The largest absolute Gasteiger partial charge is 0.454 e. The summed E-state index contributed by atoms with van der Waals surface area (Å²) in [5.74, 6) is -0.0701. The van der Waals surface area contributed by atoms with Gasteiger partial charge in [0.25, 0.3) is 5.56 Å². The lowest BCUT2D eigenvalue weighted by Gasteiger charge is -2.05. The van der Waals surface area contributed by atoms with Gasteiger partial charge in [-0.3, -0.25) is 4.79 Å². The maximum Gasteiger partial charge on any atom is 0.339 e. The lowest BCUT2D eigenvalue weighted by Crippen LogP contribution is -2.14. The molecule has 22 heavy (non-hydrogen) atoms. The lowest BCUT2D eigenvalue weighted by atomic mass is 10.2. The smallest absolute Gasteiger partial charge is 0.339 e. The standard InChI is InChI=1S/C16H14N2O3S/c1-9-7-12(10(2)22-9)16(20)21-8-14-17-13-6-4-3-5-11(13)15(19)18-14/h3-7H,8H2,1-2H3,(H,17,18,19). The number of esters is 1. The van der Waals surface area contributed by atoms with Crippen LogP contribution in [0.2, 0.25) is 0 Å². The minimum Gasteiger partial charge on any atom is -0.454 e. The van der Waals surface area contributed by atoms with Crippen LogP contribution in [0.15, 0.2) is 35.1 Å². The Balaban J connectivity index is 1.81. The molecule has 112 valence electrons. The molecule has 6 heteroatoms. The molecule has 1 N–H and O–H groups in total. The van der Waals surface area contributed by atoms with E-state index in [1.54, 1.807) is 35.6 Å². The fourth-order valence-electron chi connectivity index (χ4n) is 2.25. The second kappa shape index (κ2) is 5.73. The van der Waals surface area contributed by atoms with Gasteiger partial charge in [0.15, 0.2) is 0 Å². The molecule has 3 aromatic rings. The SMILES string of the molecule is Cc1cc(C(=O)OCc2nc3ccccc3c(=O)[nH]2)c(C)s1. The molecule has 0 unspecified atom stereocenters. The van der Waals surface area contributed by atoms with Gasteiger partial charge in [-0.2, -0.15) is 0 Å². The second-order valence-corrected chi connectivity index (χ2v) is 6.39. The van der Waals surface area contributed by atoms with E-state index in [4.69, 9.17) is 4.74 Å². The maximum absolute atomic E-state index is 12.1. The molecule has 0 radical (unpaired) electrons. The number of benzene rings is 1. The summed E-state index contributed by atoms with van der Waals surface area (Å²) in [6, 6.07) is 8.85. The van der Waals surface area contributed by atoms with Crippen molar-refractivity contribution in [2.45, 2.75) is 20.5 Å². The van der Waals surface area contributed by atoms with Crippen LogP contribution in [0, 0.1) is 13.8 Å². The summed E-state index contributed by atoms with van der Waals surface area (Å²) in [7, 11) is 0. The summed E-state index contributed by atoms with van der Waals surface area (Å²) >= 11 is 1.55. The first-order chi connectivity index (χ1) is 10.5. The van der Waals surface area contributed by atoms with Crippen LogP contribution in [0.1, 0.15) is 25.9 Å². The van der Waals surface area contributed by atoms with Gasteiger partial charge in [0.2, 0.25) is 0 Å². The maximum atomic E-state index is 12.1. The van der Waals surface area contributed by atoms with Gasteiger partial charge >= 0.3 is 5.97 Å². The number of thiophene rings is 1. The van der Waals surface area contributed by atoms with Crippen LogP contribution in [0.4, 0.5) is 0 Å². The van der Waals surface area contributed by atoms with Crippen LogP contribution < -0.4 is 5.56 Å². The number of rotatable bonds is 3. The van der Waals surface area contributed by atoms with E-state index >= 15 is 0 Å². The van der Waals surface area contributed by atoms with Gasteiger partial charge in [-0.15, -0.1) is 11.3 Å². The minimum absolute atomic E-state index is 0.0623. The van der Waals surface area contributed by atoms with E-state index in [1.165, 1.54) is 0 Å². The highest BCUT2D eigenvalue weighted by Crippen LogP contribution is 2.21. The Morgan fingerprint density at radius 1 is 1.32 bits per heavy atom. The molecule has 0 saturated heterocycles. The predicted octanol–water partition coefficient (Wildman–Crippen LogP) is 2.96. The van der Waals surface area contributed by atoms with Crippen LogP contribution >= 0.6 is 11.3 Å². The van der Waals surface area contributed by atoms with Crippen LogP contribution in [0.5, 0.6) is 0 Å². The highest BCUT2D eigenvalue weighted by molar-refractivity contribution is 7.12. The van der Waals surface area contributed by atoms with Crippen molar-refractivity contribution in [3.05, 3.63) is 61.8 Å². The molecule has 1 aromatic carbocycles. The summed E-state index contributed by atoms with van der Waals surface area (Å²) in [6.45, 7) is 3.76. The fourth-order valence-corrected chi connectivity index (χ4v) is 3.16. The first-order valence-corrected chi connectivity index (χ1v) is 7.58. The number of para-hydroxylation sites is 1.